The van der Waals surface area contributed by atoms with Crippen LogP contribution in [0.5, 0.6) is 5.75 Å². The van der Waals surface area contributed by atoms with Crippen molar-refractivity contribution in [2.24, 2.45) is 0 Å². The van der Waals surface area contributed by atoms with Crippen LogP contribution in [0.15, 0.2) is 52.9 Å². The van der Waals surface area contributed by atoms with Crippen molar-refractivity contribution in [2.45, 2.75) is 13.5 Å². The van der Waals surface area contributed by atoms with Gasteiger partial charge < -0.3 is 14.5 Å². The van der Waals surface area contributed by atoms with Gasteiger partial charge >= 0.3 is 0 Å². The highest BCUT2D eigenvalue weighted by atomic mass is 35.5. The molecule has 1 aromatic heterocycles. The topological polar surface area (TPSA) is 94.6 Å². The van der Waals surface area contributed by atoms with Gasteiger partial charge in [0.15, 0.2) is 5.76 Å². The Kier molecular flexibility index (Phi) is 5.60. The fourth-order valence-corrected chi connectivity index (χ4v) is 2.53. The number of non-ortho nitro benzene ring substituents is 1. The lowest BCUT2D eigenvalue weighted by Crippen LogP contribution is -2.12. The molecule has 3 rings (SSSR count). The summed E-state index contributed by atoms with van der Waals surface area (Å²) in [6, 6.07) is 11.1. The van der Waals surface area contributed by atoms with E-state index in [1.807, 2.05) is 0 Å². The number of nitro benzene ring substituents is 1. The monoisotopic (exact) mass is 404 g/mol. The number of ether oxygens (including phenoxy) is 1. The van der Waals surface area contributed by atoms with Gasteiger partial charge in [-0.3, -0.25) is 14.9 Å². The lowest BCUT2D eigenvalue weighted by atomic mass is 10.2. The zero-order valence-electron chi connectivity index (χ0n) is 14.6. The summed E-state index contributed by atoms with van der Waals surface area (Å²) in [6.45, 7) is 1.67. The highest BCUT2D eigenvalue weighted by Crippen LogP contribution is 2.29. The number of halogens is 2. The lowest BCUT2D eigenvalue weighted by molar-refractivity contribution is -0.384. The van der Waals surface area contributed by atoms with Gasteiger partial charge in [0.1, 0.15) is 23.9 Å². The zero-order chi connectivity index (χ0) is 20.3. The predicted molar refractivity (Wildman–Crippen MR) is 100 cm³/mol. The summed E-state index contributed by atoms with van der Waals surface area (Å²) in [5.41, 5.74) is 0.667. The maximum atomic E-state index is 13.8. The van der Waals surface area contributed by atoms with Gasteiger partial charge in [-0.05, 0) is 42.8 Å². The summed E-state index contributed by atoms with van der Waals surface area (Å²) in [5, 5.41) is 13.5. The Bertz CT molecular complexity index is 1050. The van der Waals surface area contributed by atoms with Gasteiger partial charge in [-0.25, -0.2) is 4.39 Å². The molecular weight excluding hydrogens is 391 g/mol. The smallest absolute Gasteiger partial charge is 0.291 e. The van der Waals surface area contributed by atoms with Crippen molar-refractivity contribution in [3.05, 3.63) is 86.6 Å². The summed E-state index contributed by atoms with van der Waals surface area (Å²) < 4.78 is 24.6. The van der Waals surface area contributed by atoms with Gasteiger partial charge in [-0.1, -0.05) is 17.7 Å². The van der Waals surface area contributed by atoms with E-state index in [2.05, 4.69) is 5.32 Å². The van der Waals surface area contributed by atoms with Crippen LogP contribution in [0.2, 0.25) is 5.02 Å². The first-order valence-corrected chi connectivity index (χ1v) is 8.44. The molecule has 0 bridgehead atoms. The Hall–Kier alpha value is -3.39. The number of nitrogens with zero attached hydrogens (tertiary/aromatic N) is 1. The van der Waals surface area contributed by atoms with Gasteiger partial charge in [-0.15, -0.1) is 0 Å². The van der Waals surface area contributed by atoms with Crippen LogP contribution < -0.4 is 10.1 Å². The number of hydrogen-bond donors (Lipinski definition) is 1. The van der Waals surface area contributed by atoms with Crippen LogP contribution >= 0.6 is 11.6 Å². The number of amides is 1. The predicted octanol–water partition coefficient (Wildman–Crippen LogP) is 5.12. The van der Waals surface area contributed by atoms with E-state index in [0.29, 0.717) is 0 Å². The standard InChI is InChI=1S/C19H14ClFN2O5/c1-11-2-6-15(21)16(8-11)22-19(24)17-7-4-13(28-17)10-27-18-9-12(23(25)26)3-5-14(18)20/h2-9H,10H2,1H3,(H,22,24). The second-order valence-electron chi connectivity index (χ2n) is 5.86. The number of anilines is 1. The van der Waals surface area contributed by atoms with Crippen molar-refractivity contribution >= 4 is 28.9 Å². The number of furan rings is 1. The molecule has 0 fully saturated rings. The molecule has 0 spiro atoms. The Balaban J connectivity index is 1.67. The third-order valence-corrected chi connectivity index (χ3v) is 4.06. The molecule has 144 valence electrons. The third kappa shape index (κ3) is 4.47. The van der Waals surface area contributed by atoms with Crippen LogP contribution in [0, 0.1) is 22.9 Å². The molecule has 0 aliphatic rings. The minimum absolute atomic E-state index is 0.0374. The molecule has 1 heterocycles. The molecule has 0 unspecified atom stereocenters. The normalized spacial score (nSPS) is 10.5. The van der Waals surface area contributed by atoms with Gasteiger partial charge in [0.05, 0.1) is 21.7 Å². The number of nitrogens with one attached hydrogen (secondary N) is 1. The third-order valence-electron chi connectivity index (χ3n) is 3.75. The second kappa shape index (κ2) is 8.10. The lowest BCUT2D eigenvalue weighted by Gasteiger charge is -2.07. The molecule has 28 heavy (non-hydrogen) atoms. The first-order valence-electron chi connectivity index (χ1n) is 8.06. The van der Waals surface area contributed by atoms with Crippen molar-refractivity contribution in [3.63, 3.8) is 0 Å². The van der Waals surface area contributed by atoms with Crippen LogP contribution in [0.25, 0.3) is 0 Å². The fraction of sp³-hybridized carbons (Fsp3) is 0.105. The van der Waals surface area contributed by atoms with E-state index in [4.69, 9.17) is 20.8 Å². The number of aryl methyl sites for hydroxylation is 1. The van der Waals surface area contributed by atoms with Gasteiger partial charge in [0, 0.05) is 6.07 Å². The molecule has 1 amide bonds. The molecule has 7 nitrogen and oxygen atoms in total. The van der Waals surface area contributed by atoms with Gasteiger partial charge in [0.25, 0.3) is 11.6 Å². The first-order chi connectivity index (χ1) is 13.3. The maximum absolute atomic E-state index is 13.8. The Morgan fingerprint density at radius 2 is 2.04 bits per heavy atom. The molecule has 0 aliphatic heterocycles. The number of carbonyl (C=O) groups is 1. The minimum atomic E-state index is -0.621. The quantitative estimate of drug-likeness (QED) is 0.454. The van der Waals surface area contributed by atoms with Crippen molar-refractivity contribution in [1.29, 1.82) is 0 Å². The van der Waals surface area contributed by atoms with Crippen LogP contribution in [0.1, 0.15) is 21.9 Å². The van der Waals surface area contributed by atoms with Gasteiger partial charge in [-0.2, -0.15) is 0 Å². The van der Waals surface area contributed by atoms with Crippen molar-refractivity contribution < 1.29 is 23.3 Å². The van der Waals surface area contributed by atoms with E-state index in [-0.39, 0.29) is 40.3 Å². The average molecular weight is 405 g/mol. The molecule has 0 saturated carbocycles. The Morgan fingerprint density at radius 1 is 1.25 bits per heavy atom. The van der Waals surface area contributed by atoms with E-state index in [1.54, 1.807) is 13.0 Å². The SMILES string of the molecule is Cc1ccc(F)c(NC(=O)c2ccc(COc3cc([N+](=O)[O-])ccc3Cl)o2)c1. The van der Waals surface area contributed by atoms with E-state index < -0.39 is 16.6 Å². The number of benzene rings is 2. The Morgan fingerprint density at radius 3 is 2.79 bits per heavy atom. The highest BCUT2D eigenvalue weighted by molar-refractivity contribution is 6.32. The molecule has 2 aromatic carbocycles. The summed E-state index contributed by atoms with van der Waals surface area (Å²) >= 11 is 5.96. The summed E-state index contributed by atoms with van der Waals surface area (Å²) in [6.07, 6.45) is 0. The van der Waals surface area contributed by atoms with Crippen LogP contribution in [0.4, 0.5) is 15.8 Å². The molecule has 1 N–H and O–H groups in total. The van der Waals surface area contributed by atoms with Crippen molar-refractivity contribution in [2.75, 3.05) is 5.32 Å². The second-order valence-corrected chi connectivity index (χ2v) is 6.27. The van der Waals surface area contributed by atoms with E-state index in [9.17, 15) is 19.3 Å². The molecule has 0 atom stereocenters. The highest BCUT2D eigenvalue weighted by Gasteiger charge is 2.15. The minimum Gasteiger partial charge on any atom is -0.484 e. The number of rotatable bonds is 6. The summed E-state index contributed by atoms with van der Waals surface area (Å²) in [5.74, 6) is -0.819. The number of hydrogen-bond acceptors (Lipinski definition) is 5. The first kappa shape index (κ1) is 19.4. The zero-order valence-corrected chi connectivity index (χ0v) is 15.3. The van der Waals surface area contributed by atoms with Crippen LogP contribution in [-0.2, 0) is 6.61 Å². The molecule has 3 aromatic rings. The number of nitro groups is 1. The molecular formula is C19H14ClFN2O5. The van der Waals surface area contributed by atoms with Crippen LogP contribution in [0.3, 0.4) is 0 Å². The maximum Gasteiger partial charge on any atom is 0.291 e. The molecule has 9 heteroatoms. The van der Waals surface area contributed by atoms with Crippen molar-refractivity contribution in [3.8, 4) is 5.75 Å². The number of carbonyl (C=O) groups excluding carboxylic acids is 1. The largest absolute Gasteiger partial charge is 0.484 e. The Labute approximate surface area is 163 Å². The van der Waals surface area contributed by atoms with Crippen molar-refractivity contribution in [1.82, 2.24) is 0 Å². The van der Waals surface area contributed by atoms with Gasteiger partial charge in [0.2, 0.25) is 0 Å². The molecule has 0 saturated heterocycles. The van der Waals surface area contributed by atoms with Crippen LogP contribution in [-0.4, -0.2) is 10.8 Å². The van der Waals surface area contributed by atoms with E-state index in [0.717, 1.165) is 5.56 Å². The summed E-state index contributed by atoms with van der Waals surface area (Å²) in [7, 11) is 0. The van der Waals surface area contributed by atoms with E-state index in [1.165, 1.54) is 42.5 Å². The van der Waals surface area contributed by atoms with E-state index >= 15 is 0 Å². The molecule has 0 radical (unpaired) electrons. The molecule has 0 aliphatic carbocycles. The average Bonchev–Trinajstić information content (AvgIpc) is 3.13. The summed E-state index contributed by atoms with van der Waals surface area (Å²) in [4.78, 5) is 22.5. The fourth-order valence-electron chi connectivity index (χ4n) is 2.36.